The Morgan fingerprint density at radius 3 is 2.84 bits per heavy atom. The second kappa shape index (κ2) is 6.31. The van der Waals surface area contributed by atoms with Crippen molar-refractivity contribution in [2.75, 3.05) is 6.54 Å². The molecule has 1 aromatic rings. The number of carboxylic acid groups (broad SMARTS) is 1. The van der Waals surface area contributed by atoms with E-state index in [0.717, 1.165) is 19.3 Å². The van der Waals surface area contributed by atoms with Crippen molar-refractivity contribution in [1.29, 1.82) is 0 Å². The largest absolute Gasteiger partial charge is 0.481 e. The molecule has 0 bridgehead atoms. The Hall–Kier alpha value is -1.91. The van der Waals surface area contributed by atoms with Crippen LogP contribution in [0, 0.1) is 11.8 Å². The normalized spacial score (nSPS) is 22.7. The predicted molar refractivity (Wildman–Crippen MR) is 69.7 cm³/mol. The Labute approximate surface area is 112 Å². The average molecular weight is 262 g/mol. The van der Waals surface area contributed by atoms with E-state index in [0.29, 0.717) is 18.5 Å². The Bertz CT molecular complexity index is 447. The third-order valence-corrected chi connectivity index (χ3v) is 3.67. The molecule has 0 aromatic carbocycles. The molecule has 0 spiro atoms. The molecule has 102 valence electrons. The first-order valence-corrected chi connectivity index (χ1v) is 6.59. The van der Waals surface area contributed by atoms with Crippen molar-refractivity contribution in [3.63, 3.8) is 0 Å². The maximum Gasteiger partial charge on any atom is 0.306 e. The quantitative estimate of drug-likeness (QED) is 0.865. The lowest BCUT2D eigenvalue weighted by molar-refractivity contribution is -0.144. The summed E-state index contributed by atoms with van der Waals surface area (Å²) in [6, 6.07) is 3.40. The van der Waals surface area contributed by atoms with Crippen LogP contribution in [0.25, 0.3) is 0 Å². The summed E-state index contributed by atoms with van der Waals surface area (Å²) in [5, 5.41) is 12.0. The first-order valence-electron chi connectivity index (χ1n) is 6.59. The standard InChI is InChI=1S/C14H18N2O3/c17-13(11-5-3-7-15-8-11)16-9-10-4-1-2-6-12(10)14(18)19/h3,5,7-8,10,12H,1-2,4,6,9H2,(H,16,17)(H,18,19)/t10-,12-/m0/s1. The van der Waals surface area contributed by atoms with Crippen LogP contribution in [-0.4, -0.2) is 28.5 Å². The number of nitrogens with zero attached hydrogens (tertiary/aromatic N) is 1. The fourth-order valence-electron chi connectivity index (χ4n) is 2.60. The zero-order valence-electron chi connectivity index (χ0n) is 10.7. The highest BCUT2D eigenvalue weighted by molar-refractivity contribution is 5.93. The molecule has 5 nitrogen and oxygen atoms in total. The second-order valence-electron chi connectivity index (χ2n) is 4.94. The molecule has 0 radical (unpaired) electrons. The third kappa shape index (κ3) is 3.53. The molecule has 1 fully saturated rings. The Morgan fingerprint density at radius 1 is 1.37 bits per heavy atom. The number of rotatable bonds is 4. The van der Waals surface area contributed by atoms with Gasteiger partial charge in [0.05, 0.1) is 11.5 Å². The van der Waals surface area contributed by atoms with Gasteiger partial charge in [-0.25, -0.2) is 0 Å². The van der Waals surface area contributed by atoms with E-state index in [2.05, 4.69) is 10.3 Å². The van der Waals surface area contributed by atoms with E-state index in [4.69, 9.17) is 5.11 Å². The number of pyridine rings is 1. The minimum absolute atomic E-state index is 0.0341. The van der Waals surface area contributed by atoms with E-state index in [-0.39, 0.29) is 17.7 Å². The molecular formula is C14H18N2O3. The van der Waals surface area contributed by atoms with Crippen molar-refractivity contribution in [2.24, 2.45) is 11.8 Å². The monoisotopic (exact) mass is 262 g/mol. The molecule has 1 saturated carbocycles. The number of carboxylic acids is 1. The Morgan fingerprint density at radius 2 is 2.16 bits per heavy atom. The average Bonchev–Trinajstić information content (AvgIpc) is 2.46. The zero-order chi connectivity index (χ0) is 13.7. The smallest absolute Gasteiger partial charge is 0.306 e. The minimum atomic E-state index is -0.750. The highest BCUT2D eigenvalue weighted by Gasteiger charge is 2.30. The van der Waals surface area contributed by atoms with Gasteiger partial charge in [0.25, 0.3) is 5.91 Å². The number of nitrogens with one attached hydrogen (secondary N) is 1. The summed E-state index contributed by atoms with van der Waals surface area (Å²) in [5.41, 5.74) is 0.505. The lowest BCUT2D eigenvalue weighted by Gasteiger charge is -2.28. The first-order chi connectivity index (χ1) is 9.18. The summed E-state index contributed by atoms with van der Waals surface area (Å²) < 4.78 is 0. The fraction of sp³-hybridized carbons (Fsp3) is 0.500. The van der Waals surface area contributed by atoms with Gasteiger partial charge in [-0.15, -0.1) is 0 Å². The van der Waals surface area contributed by atoms with Crippen LogP contribution in [0.3, 0.4) is 0 Å². The molecule has 1 aliphatic rings. The van der Waals surface area contributed by atoms with E-state index in [9.17, 15) is 9.59 Å². The lowest BCUT2D eigenvalue weighted by atomic mass is 9.79. The van der Waals surface area contributed by atoms with E-state index in [1.807, 2.05) is 0 Å². The van der Waals surface area contributed by atoms with E-state index >= 15 is 0 Å². The summed E-state index contributed by atoms with van der Waals surface area (Å²) in [7, 11) is 0. The van der Waals surface area contributed by atoms with Gasteiger partial charge < -0.3 is 10.4 Å². The number of hydrogen-bond donors (Lipinski definition) is 2. The molecular weight excluding hydrogens is 244 g/mol. The van der Waals surface area contributed by atoms with E-state index in [1.54, 1.807) is 18.3 Å². The number of amides is 1. The maximum atomic E-state index is 11.9. The van der Waals surface area contributed by atoms with Gasteiger partial charge in [0.2, 0.25) is 0 Å². The van der Waals surface area contributed by atoms with Gasteiger partial charge in [0.15, 0.2) is 0 Å². The molecule has 0 aliphatic heterocycles. The van der Waals surface area contributed by atoms with Crippen LogP contribution in [0.5, 0.6) is 0 Å². The molecule has 1 amide bonds. The highest BCUT2D eigenvalue weighted by atomic mass is 16.4. The van der Waals surface area contributed by atoms with Gasteiger partial charge in [-0.2, -0.15) is 0 Å². The number of aliphatic carboxylic acids is 1. The summed E-state index contributed by atoms with van der Waals surface area (Å²) >= 11 is 0. The highest BCUT2D eigenvalue weighted by Crippen LogP contribution is 2.29. The van der Waals surface area contributed by atoms with Crippen molar-refractivity contribution in [2.45, 2.75) is 25.7 Å². The minimum Gasteiger partial charge on any atom is -0.481 e. The molecule has 1 aliphatic carbocycles. The fourth-order valence-corrected chi connectivity index (χ4v) is 2.60. The van der Waals surface area contributed by atoms with Crippen LogP contribution in [0.15, 0.2) is 24.5 Å². The Balaban J connectivity index is 1.90. The van der Waals surface area contributed by atoms with Crippen molar-refractivity contribution in [3.8, 4) is 0 Å². The van der Waals surface area contributed by atoms with Gasteiger partial charge >= 0.3 is 5.97 Å². The van der Waals surface area contributed by atoms with Crippen molar-refractivity contribution >= 4 is 11.9 Å². The lowest BCUT2D eigenvalue weighted by Crippen LogP contribution is -2.37. The molecule has 1 heterocycles. The number of aromatic nitrogens is 1. The molecule has 2 rings (SSSR count). The third-order valence-electron chi connectivity index (χ3n) is 3.67. The van der Waals surface area contributed by atoms with Crippen LogP contribution in [-0.2, 0) is 4.79 Å². The van der Waals surface area contributed by atoms with Gasteiger partial charge in [0, 0.05) is 18.9 Å². The van der Waals surface area contributed by atoms with Gasteiger partial charge in [-0.3, -0.25) is 14.6 Å². The van der Waals surface area contributed by atoms with Crippen molar-refractivity contribution < 1.29 is 14.7 Å². The molecule has 19 heavy (non-hydrogen) atoms. The zero-order valence-corrected chi connectivity index (χ0v) is 10.7. The van der Waals surface area contributed by atoms with E-state index < -0.39 is 5.97 Å². The van der Waals surface area contributed by atoms with Crippen molar-refractivity contribution in [3.05, 3.63) is 30.1 Å². The van der Waals surface area contributed by atoms with Crippen LogP contribution >= 0.6 is 0 Å². The molecule has 2 N–H and O–H groups in total. The first kappa shape index (κ1) is 13.5. The van der Waals surface area contributed by atoms with Crippen LogP contribution in [0.2, 0.25) is 0 Å². The summed E-state index contributed by atoms with van der Waals surface area (Å²) in [6.07, 6.45) is 6.69. The van der Waals surface area contributed by atoms with Crippen LogP contribution in [0.4, 0.5) is 0 Å². The number of carbonyl (C=O) groups is 2. The summed E-state index contributed by atoms with van der Waals surface area (Å²) in [4.78, 5) is 26.9. The maximum absolute atomic E-state index is 11.9. The van der Waals surface area contributed by atoms with Crippen LogP contribution in [0.1, 0.15) is 36.0 Å². The van der Waals surface area contributed by atoms with Crippen molar-refractivity contribution in [1.82, 2.24) is 10.3 Å². The summed E-state index contributed by atoms with van der Waals surface area (Å²) in [5.74, 6) is -1.24. The van der Waals surface area contributed by atoms with E-state index in [1.165, 1.54) is 6.20 Å². The van der Waals surface area contributed by atoms with Gasteiger partial charge in [-0.05, 0) is 30.9 Å². The summed E-state index contributed by atoms with van der Waals surface area (Å²) in [6.45, 7) is 0.421. The molecule has 5 heteroatoms. The molecule has 1 aromatic heterocycles. The van der Waals surface area contributed by atoms with Crippen LogP contribution < -0.4 is 5.32 Å². The topological polar surface area (TPSA) is 79.3 Å². The Kier molecular flexibility index (Phi) is 4.49. The van der Waals surface area contributed by atoms with Gasteiger partial charge in [-0.1, -0.05) is 12.8 Å². The SMILES string of the molecule is O=C(NC[C@@H]1CCCC[C@@H]1C(=O)O)c1cccnc1. The predicted octanol–water partition coefficient (Wildman–Crippen LogP) is 1.70. The number of carbonyl (C=O) groups excluding carboxylic acids is 1. The number of hydrogen-bond acceptors (Lipinski definition) is 3. The van der Waals surface area contributed by atoms with Gasteiger partial charge in [0.1, 0.15) is 0 Å². The molecule has 2 atom stereocenters. The molecule has 0 unspecified atom stereocenters. The molecule has 0 saturated heterocycles. The second-order valence-corrected chi connectivity index (χ2v) is 4.94.